The number of amides is 1. The minimum Gasteiger partial charge on any atom is -0.364 e. The number of rotatable bonds is 4. The Balaban J connectivity index is 1.24. The highest BCUT2D eigenvalue weighted by atomic mass is 19.1. The summed E-state index contributed by atoms with van der Waals surface area (Å²) in [6.07, 6.45) is 6.72. The molecule has 2 fully saturated rings. The van der Waals surface area contributed by atoms with Gasteiger partial charge < -0.3 is 9.80 Å². The number of likely N-dealkylation sites (tertiary alicyclic amines) is 1. The lowest BCUT2D eigenvalue weighted by molar-refractivity contribution is 0.0712. The van der Waals surface area contributed by atoms with E-state index in [-0.39, 0.29) is 11.9 Å². The van der Waals surface area contributed by atoms with Gasteiger partial charge in [-0.2, -0.15) is 10.2 Å². The van der Waals surface area contributed by atoms with E-state index in [2.05, 4.69) is 25.4 Å². The number of carbonyl (C=O) groups excluding carboxylic acids is 1. The van der Waals surface area contributed by atoms with Crippen LogP contribution in [0.15, 0.2) is 58.2 Å². The number of fused-ring (bicyclic) bond motifs is 1. The monoisotopic (exact) mass is 477 g/mol. The third-order valence-electron chi connectivity index (χ3n) is 7.36. The molecule has 0 aliphatic carbocycles. The van der Waals surface area contributed by atoms with Gasteiger partial charge in [-0.15, -0.1) is 5.10 Å². The first kappa shape index (κ1) is 21.8. The average Bonchev–Trinajstić information content (AvgIpc) is 3.65. The second kappa shape index (κ2) is 8.83. The third kappa shape index (κ3) is 3.96. The van der Waals surface area contributed by atoms with E-state index in [0.717, 1.165) is 49.7 Å². The number of piperidine rings is 1. The van der Waals surface area contributed by atoms with Gasteiger partial charge in [0.05, 0.1) is 29.0 Å². The van der Waals surface area contributed by atoms with Crippen molar-refractivity contribution in [3.05, 3.63) is 65.5 Å². The van der Waals surface area contributed by atoms with Crippen LogP contribution in [-0.2, 0) is 0 Å². The Bertz CT molecular complexity index is 1340. The van der Waals surface area contributed by atoms with E-state index in [9.17, 15) is 13.6 Å². The molecule has 3 aliphatic heterocycles. The van der Waals surface area contributed by atoms with Crippen LogP contribution in [0.3, 0.4) is 0 Å². The number of anilines is 1. The van der Waals surface area contributed by atoms with E-state index in [1.54, 1.807) is 10.7 Å². The largest absolute Gasteiger partial charge is 0.364 e. The van der Waals surface area contributed by atoms with Crippen molar-refractivity contribution in [1.82, 2.24) is 14.5 Å². The molecule has 35 heavy (non-hydrogen) atoms. The van der Waals surface area contributed by atoms with E-state index < -0.39 is 11.6 Å². The second-order valence-corrected chi connectivity index (χ2v) is 9.34. The van der Waals surface area contributed by atoms with Crippen LogP contribution in [-0.4, -0.2) is 52.3 Å². The van der Waals surface area contributed by atoms with E-state index in [1.165, 1.54) is 12.1 Å². The van der Waals surface area contributed by atoms with Crippen LogP contribution in [0.25, 0.3) is 5.52 Å². The van der Waals surface area contributed by atoms with Gasteiger partial charge >= 0.3 is 0 Å². The molecule has 1 aromatic carbocycles. The van der Waals surface area contributed by atoms with E-state index >= 15 is 0 Å². The van der Waals surface area contributed by atoms with Gasteiger partial charge in [0, 0.05) is 43.0 Å². The fourth-order valence-corrected chi connectivity index (χ4v) is 5.50. The summed E-state index contributed by atoms with van der Waals surface area (Å²) in [6.45, 7) is 2.58. The molecule has 6 rings (SSSR count). The maximum absolute atomic E-state index is 14.5. The van der Waals surface area contributed by atoms with Crippen LogP contribution in [0.4, 0.5) is 14.5 Å². The van der Waals surface area contributed by atoms with Gasteiger partial charge in [0.1, 0.15) is 18.2 Å². The molecule has 180 valence electrons. The van der Waals surface area contributed by atoms with Gasteiger partial charge in [-0.3, -0.25) is 4.79 Å². The Morgan fingerprint density at radius 1 is 1.03 bits per heavy atom. The Labute approximate surface area is 200 Å². The maximum Gasteiger partial charge on any atom is 0.257 e. The highest BCUT2D eigenvalue weighted by Gasteiger charge is 2.31. The molecule has 2 aromatic heterocycles. The van der Waals surface area contributed by atoms with Crippen molar-refractivity contribution >= 4 is 22.8 Å². The summed E-state index contributed by atoms with van der Waals surface area (Å²) >= 11 is 0. The smallest absolute Gasteiger partial charge is 0.257 e. The van der Waals surface area contributed by atoms with Crippen molar-refractivity contribution in [3.63, 3.8) is 0 Å². The van der Waals surface area contributed by atoms with Gasteiger partial charge in [-0.05, 0) is 61.2 Å². The number of aromatic nitrogens is 2. The SMILES string of the molecule is O=C(c1cnn2ccc(N3CCC[C@@H]3c3cc(F)ccc3F)cc12)N1CCC(C2=NN=NC2)CC1. The predicted molar refractivity (Wildman–Crippen MR) is 127 cm³/mol. The summed E-state index contributed by atoms with van der Waals surface area (Å²) in [6, 6.07) is 7.19. The van der Waals surface area contributed by atoms with Gasteiger partial charge in [0.25, 0.3) is 5.91 Å². The zero-order valence-corrected chi connectivity index (χ0v) is 19.1. The number of nitrogens with zero attached hydrogens (tertiary/aromatic N) is 7. The van der Waals surface area contributed by atoms with Gasteiger partial charge in [-0.1, -0.05) is 0 Å². The predicted octanol–water partition coefficient (Wildman–Crippen LogP) is 4.63. The summed E-state index contributed by atoms with van der Waals surface area (Å²) < 4.78 is 30.1. The van der Waals surface area contributed by atoms with Crippen LogP contribution in [0.2, 0.25) is 0 Å². The number of hydrogen-bond acceptors (Lipinski definition) is 6. The fourth-order valence-electron chi connectivity index (χ4n) is 5.50. The van der Waals surface area contributed by atoms with Crippen molar-refractivity contribution in [2.45, 2.75) is 31.7 Å². The van der Waals surface area contributed by atoms with E-state index in [0.29, 0.717) is 42.2 Å². The molecule has 8 nitrogen and oxygen atoms in total. The fraction of sp³-hybridized carbons (Fsp3) is 0.400. The van der Waals surface area contributed by atoms with Crippen LogP contribution >= 0.6 is 0 Å². The van der Waals surface area contributed by atoms with Gasteiger partial charge in [0.15, 0.2) is 0 Å². The average molecular weight is 478 g/mol. The first-order chi connectivity index (χ1) is 17.1. The van der Waals surface area contributed by atoms with Crippen LogP contribution < -0.4 is 4.90 Å². The first-order valence-corrected chi connectivity index (χ1v) is 12.0. The highest BCUT2D eigenvalue weighted by Crippen LogP contribution is 2.38. The molecule has 0 unspecified atom stereocenters. The molecule has 0 bridgehead atoms. The Morgan fingerprint density at radius 3 is 2.69 bits per heavy atom. The molecule has 0 radical (unpaired) electrons. The zero-order chi connectivity index (χ0) is 23.9. The van der Waals surface area contributed by atoms with E-state index in [1.807, 2.05) is 23.2 Å². The molecule has 2 saturated heterocycles. The third-order valence-corrected chi connectivity index (χ3v) is 7.36. The Hall–Kier alpha value is -3.69. The van der Waals surface area contributed by atoms with Crippen LogP contribution in [0.5, 0.6) is 0 Å². The topological polar surface area (TPSA) is 77.9 Å². The lowest BCUT2D eigenvalue weighted by Crippen LogP contribution is -2.40. The highest BCUT2D eigenvalue weighted by molar-refractivity contribution is 6.01. The first-order valence-electron chi connectivity index (χ1n) is 12.0. The zero-order valence-electron chi connectivity index (χ0n) is 19.1. The molecule has 3 aliphatic rings. The summed E-state index contributed by atoms with van der Waals surface area (Å²) in [7, 11) is 0. The second-order valence-electron chi connectivity index (χ2n) is 9.34. The summed E-state index contributed by atoms with van der Waals surface area (Å²) in [5.74, 6) is -0.578. The molecular weight excluding hydrogens is 452 g/mol. The van der Waals surface area contributed by atoms with Crippen molar-refractivity contribution in [2.75, 3.05) is 31.1 Å². The van der Waals surface area contributed by atoms with Crippen molar-refractivity contribution in [2.24, 2.45) is 21.4 Å². The molecule has 0 saturated carbocycles. The molecule has 3 aromatic rings. The molecular formula is C25H25F2N7O. The van der Waals surface area contributed by atoms with Crippen LogP contribution in [0, 0.1) is 17.6 Å². The van der Waals surface area contributed by atoms with Crippen molar-refractivity contribution < 1.29 is 13.6 Å². The number of carbonyl (C=O) groups is 1. The quantitative estimate of drug-likeness (QED) is 0.550. The van der Waals surface area contributed by atoms with Crippen molar-refractivity contribution in [3.8, 4) is 0 Å². The number of pyridine rings is 1. The van der Waals surface area contributed by atoms with E-state index in [4.69, 9.17) is 0 Å². The van der Waals surface area contributed by atoms with Gasteiger partial charge in [0.2, 0.25) is 0 Å². The molecule has 0 spiro atoms. The van der Waals surface area contributed by atoms with Gasteiger partial charge in [-0.25, -0.2) is 13.3 Å². The number of halogens is 2. The lowest BCUT2D eigenvalue weighted by atomic mass is 9.91. The minimum absolute atomic E-state index is 0.0486. The van der Waals surface area contributed by atoms with Crippen LogP contribution in [0.1, 0.15) is 47.6 Å². The number of hydrogen-bond donors (Lipinski definition) is 0. The van der Waals surface area contributed by atoms with Crippen molar-refractivity contribution in [1.29, 1.82) is 0 Å². The lowest BCUT2D eigenvalue weighted by Gasteiger charge is -2.31. The standard InChI is InChI=1S/C25H25F2N7O/c26-17-3-4-21(27)19(12-17)23-2-1-8-33(23)18-7-11-34-24(13-18)20(14-29-34)25(35)32-9-5-16(6-10-32)22-15-28-31-30-22/h3-4,7,11-14,16,23H,1-2,5-6,8-10,15H2/t23-/m1/s1. The maximum atomic E-state index is 14.5. The molecule has 1 amide bonds. The Kier molecular flexibility index (Phi) is 5.50. The summed E-state index contributed by atoms with van der Waals surface area (Å²) in [5, 5.41) is 16.1. The summed E-state index contributed by atoms with van der Waals surface area (Å²) in [5.41, 5.74) is 3.48. The molecule has 1 atom stereocenters. The molecule has 0 N–H and O–H groups in total. The summed E-state index contributed by atoms with van der Waals surface area (Å²) in [4.78, 5) is 17.4. The Morgan fingerprint density at radius 2 is 1.89 bits per heavy atom. The normalized spacial score (nSPS) is 20.7. The minimum atomic E-state index is -0.445. The molecule has 10 heteroatoms. The number of benzene rings is 1. The molecule has 5 heterocycles.